The van der Waals surface area contributed by atoms with Gasteiger partial charge in [-0.2, -0.15) is 0 Å². The molecule has 1 aromatic heterocycles. The van der Waals surface area contributed by atoms with Crippen molar-refractivity contribution in [2.75, 3.05) is 0 Å². The summed E-state index contributed by atoms with van der Waals surface area (Å²) in [7, 11) is -2.05. The molecule has 0 saturated carbocycles. The lowest BCUT2D eigenvalue weighted by Crippen LogP contribution is -2.35. The molecule has 1 heterocycles. The van der Waals surface area contributed by atoms with Crippen LogP contribution in [0.15, 0.2) is 47.4 Å². The van der Waals surface area contributed by atoms with Gasteiger partial charge in [0.25, 0.3) is 11.9 Å². The predicted molar refractivity (Wildman–Crippen MR) is 109 cm³/mol. The fourth-order valence-electron chi connectivity index (χ4n) is 2.77. The maximum atomic E-state index is 14.1. The van der Waals surface area contributed by atoms with Crippen molar-refractivity contribution >= 4 is 47.7 Å². The molecule has 3 aromatic rings. The Morgan fingerprint density at radius 2 is 1.56 bits per heavy atom. The summed E-state index contributed by atoms with van der Waals surface area (Å²) in [4.78, 5) is 47.9. The van der Waals surface area contributed by atoms with Gasteiger partial charge in [0, 0.05) is 31.1 Å². The number of rotatable bonds is 5. The third kappa shape index (κ3) is 4.94. The van der Waals surface area contributed by atoms with E-state index in [0.717, 1.165) is 38.2 Å². The van der Waals surface area contributed by atoms with Crippen molar-refractivity contribution in [3.05, 3.63) is 75.0 Å². The van der Waals surface area contributed by atoms with Gasteiger partial charge in [0.2, 0.25) is 5.43 Å². The SMILES string of the molecule is CC(=O)OB(OC(C)=O)OC(=O)c1cn(-c2ccc(F)cc2)c2cc(Cl)c(F)cc2c1=O. The lowest BCUT2D eigenvalue weighted by atomic mass is 10.1. The summed E-state index contributed by atoms with van der Waals surface area (Å²) in [5, 5.41) is -0.518. The molecule has 0 unspecified atom stereocenters. The second-order valence-corrected chi connectivity index (χ2v) is 6.82. The molecule has 0 N–H and O–H groups in total. The summed E-state index contributed by atoms with van der Waals surface area (Å²) in [6, 6.07) is 7.00. The molecular formula is C20H13BClF2NO7. The van der Waals surface area contributed by atoms with Crippen LogP contribution >= 0.6 is 11.6 Å². The van der Waals surface area contributed by atoms with Crippen LogP contribution in [0.5, 0.6) is 0 Å². The Morgan fingerprint density at radius 3 is 2.12 bits per heavy atom. The molecule has 32 heavy (non-hydrogen) atoms. The Hall–Kier alpha value is -3.73. The molecule has 0 aliphatic heterocycles. The van der Waals surface area contributed by atoms with Crippen molar-refractivity contribution in [3.8, 4) is 5.69 Å². The van der Waals surface area contributed by atoms with Gasteiger partial charge < -0.3 is 18.5 Å². The van der Waals surface area contributed by atoms with E-state index in [0.29, 0.717) is 5.69 Å². The first-order valence-electron chi connectivity index (χ1n) is 8.92. The van der Waals surface area contributed by atoms with Crippen molar-refractivity contribution in [2.24, 2.45) is 0 Å². The maximum absolute atomic E-state index is 14.1. The van der Waals surface area contributed by atoms with Gasteiger partial charge in [0.1, 0.15) is 17.2 Å². The third-order valence-electron chi connectivity index (χ3n) is 4.10. The van der Waals surface area contributed by atoms with Crippen LogP contribution in [-0.2, 0) is 23.6 Å². The highest BCUT2D eigenvalue weighted by atomic mass is 35.5. The first-order valence-corrected chi connectivity index (χ1v) is 9.30. The number of hydrogen-bond acceptors (Lipinski definition) is 7. The molecule has 0 radical (unpaired) electrons. The topological polar surface area (TPSA) is 101 Å². The van der Waals surface area contributed by atoms with Gasteiger partial charge in [0.15, 0.2) is 0 Å². The summed E-state index contributed by atoms with van der Waals surface area (Å²) in [6.45, 7) is 1.96. The Kier molecular flexibility index (Phi) is 6.59. The van der Waals surface area contributed by atoms with E-state index in [4.69, 9.17) is 16.3 Å². The first-order chi connectivity index (χ1) is 15.1. The van der Waals surface area contributed by atoms with Gasteiger partial charge in [0.05, 0.1) is 10.5 Å². The molecule has 0 amide bonds. The van der Waals surface area contributed by atoms with Crippen LogP contribution in [-0.4, -0.2) is 29.8 Å². The second kappa shape index (κ2) is 9.19. The molecule has 0 atom stereocenters. The van der Waals surface area contributed by atoms with Gasteiger partial charge in [-0.25, -0.2) is 13.6 Å². The normalized spacial score (nSPS) is 10.5. The van der Waals surface area contributed by atoms with Crippen LogP contribution in [0.4, 0.5) is 8.78 Å². The van der Waals surface area contributed by atoms with Gasteiger partial charge in [-0.1, -0.05) is 11.6 Å². The molecule has 0 fully saturated rings. The summed E-state index contributed by atoms with van der Waals surface area (Å²) < 4.78 is 42.8. The minimum absolute atomic E-state index is 0.126. The zero-order valence-electron chi connectivity index (χ0n) is 16.6. The number of carbonyl (C=O) groups is 3. The average molecular weight is 464 g/mol. The first kappa shape index (κ1) is 22.9. The molecule has 3 rings (SSSR count). The second-order valence-electron chi connectivity index (χ2n) is 6.41. The average Bonchev–Trinajstić information content (AvgIpc) is 2.69. The maximum Gasteiger partial charge on any atom is 0.870 e. The monoisotopic (exact) mass is 463 g/mol. The lowest BCUT2D eigenvalue weighted by Gasteiger charge is -2.15. The number of pyridine rings is 1. The smallest absolute Gasteiger partial charge is 0.462 e. The van der Waals surface area contributed by atoms with E-state index in [9.17, 15) is 28.0 Å². The van der Waals surface area contributed by atoms with Crippen LogP contribution in [0.3, 0.4) is 0 Å². The highest BCUT2D eigenvalue weighted by Gasteiger charge is 2.36. The highest BCUT2D eigenvalue weighted by Crippen LogP contribution is 2.24. The largest absolute Gasteiger partial charge is 0.870 e. The number of halogens is 3. The van der Waals surface area contributed by atoms with Crippen LogP contribution in [0.1, 0.15) is 24.2 Å². The van der Waals surface area contributed by atoms with E-state index >= 15 is 0 Å². The molecule has 0 bridgehead atoms. The number of benzene rings is 2. The summed E-state index contributed by atoms with van der Waals surface area (Å²) >= 11 is 5.85. The van der Waals surface area contributed by atoms with E-state index in [1.54, 1.807) is 0 Å². The molecule has 8 nitrogen and oxygen atoms in total. The van der Waals surface area contributed by atoms with Gasteiger partial charge >= 0.3 is 13.3 Å². The summed E-state index contributed by atoms with van der Waals surface area (Å²) in [6.07, 6.45) is 1.06. The van der Waals surface area contributed by atoms with Crippen LogP contribution < -0.4 is 5.43 Å². The zero-order valence-corrected chi connectivity index (χ0v) is 17.3. The van der Waals surface area contributed by atoms with Crippen molar-refractivity contribution in [1.29, 1.82) is 0 Å². The molecule has 0 saturated heterocycles. The van der Waals surface area contributed by atoms with Crippen molar-refractivity contribution in [3.63, 3.8) is 0 Å². The van der Waals surface area contributed by atoms with E-state index in [2.05, 4.69) is 9.31 Å². The van der Waals surface area contributed by atoms with Crippen molar-refractivity contribution in [1.82, 2.24) is 4.57 Å². The molecular weight excluding hydrogens is 450 g/mol. The number of aromatic nitrogens is 1. The molecule has 0 spiro atoms. The van der Waals surface area contributed by atoms with Crippen molar-refractivity contribution in [2.45, 2.75) is 13.8 Å². The fraction of sp³-hybridized carbons (Fsp3) is 0.100. The van der Waals surface area contributed by atoms with E-state index in [-0.39, 0.29) is 15.9 Å². The predicted octanol–water partition coefficient (Wildman–Crippen LogP) is 3.19. The quantitative estimate of drug-likeness (QED) is 0.536. The van der Waals surface area contributed by atoms with Crippen LogP contribution in [0.25, 0.3) is 16.6 Å². The van der Waals surface area contributed by atoms with Gasteiger partial charge in [-0.3, -0.25) is 14.4 Å². The zero-order chi connectivity index (χ0) is 23.6. The Balaban J connectivity index is 2.17. The van der Waals surface area contributed by atoms with Crippen LogP contribution in [0, 0.1) is 11.6 Å². The highest BCUT2D eigenvalue weighted by molar-refractivity contribution is 6.44. The lowest BCUT2D eigenvalue weighted by molar-refractivity contribution is -0.139. The van der Waals surface area contributed by atoms with E-state index in [1.807, 2.05) is 0 Å². The fourth-order valence-corrected chi connectivity index (χ4v) is 2.93. The summed E-state index contributed by atoms with van der Waals surface area (Å²) in [5.41, 5.74) is -1.10. The Morgan fingerprint density at radius 1 is 0.969 bits per heavy atom. The Labute approximate surface area is 184 Å². The van der Waals surface area contributed by atoms with Gasteiger partial charge in [-0.05, 0) is 36.4 Å². The Bertz CT molecular complexity index is 1280. The summed E-state index contributed by atoms with van der Waals surface area (Å²) in [5.74, 6) is -4.62. The molecule has 164 valence electrons. The standard InChI is InChI=1S/C20H13BClF2NO7/c1-10(26)30-21(31-11(2)27)32-20(29)15-9-25(13-5-3-12(23)4-6-13)18-8-16(22)17(24)7-14(18)19(15)28/h3-9H,1-2H3. The third-order valence-corrected chi connectivity index (χ3v) is 4.39. The molecule has 0 aliphatic rings. The number of fused-ring (bicyclic) bond motifs is 1. The van der Waals surface area contributed by atoms with E-state index < -0.39 is 47.9 Å². The molecule has 2 aromatic carbocycles. The van der Waals surface area contributed by atoms with Gasteiger partial charge in [-0.15, -0.1) is 0 Å². The minimum atomic E-state index is -2.05. The number of carbonyl (C=O) groups excluding carboxylic acids is 3. The van der Waals surface area contributed by atoms with E-state index in [1.165, 1.54) is 22.8 Å². The number of nitrogens with zero attached hydrogens (tertiary/aromatic N) is 1. The number of hydrogen-bond donors (Lipinski definition) is 0. The molecule has 0 aliphatic carbocycles. The van der Waals surface area contributed by atoms with Crippen molar-refractivity contribution < 1.29 is 37.1 Å². The van der Waals surface area contributed by atoms with Crippen LogP contribution in [0.2, 0.25) is 5.02 Å². The minimum Gasteiger partial charge on any atom is -0.462 e. The molecule has 12 heteroatoms.